The van der Waals surface area contributed by atoms with Crippen molar-refractivity contribution in [2.75, 3.05) is 0 Å². The molecule has 1 heterocycles. The Morgan fingerprint density at radius 1 is 1.25 bits per heavy atom. The van der Waals surface area contributed by atoms with Gasteiger partial charge in [0.2, 0.25) is 0 Å². The molecular formula is C14H24NP. The van der Waals surface area contributed by atoms with E-state index < -0.39 is 0 Å². The van der Waals surface area contributed by atoms with Crippen molar-refractivity contribution in [1.82, 2.24) is 4.57 Å². The number of hydrogen-bond acceptors (Lipinski definition) is 0. The van der Waals surface area contributed by atoms with Crippen LogP contribution < -0.4 is 5.44 Å². The van der Waals surface area contributed by atoms with Crippen molar-refractivity contribution in [2.45, 2.75) is 57.3 Å². The molecular weight excluding hydrogens is 213 g/mol. The van der Waals surface area contributed by atoms with E-state index in [2.05, 4.69) is 50.7 Å². The van der Waals surface area contributed by atoms with Gasteiger partial charge < -0.3 is 4.57 Å². The molecule has 0 spiro atoms. The van der Waals surface area contributed by atoms with Gasteiger partial charge in [-0.2, -0.15) is 0 Å². The van der Waals surface area contributed by atoms with E-state index >= 15 is 0 Å². The number of aryl methyl sites for hydroxylation is 1. The van der Waals surface area contributed by atoms with Gasteiger partial charge in [-0.25, -0.2) is 0 Å². The van der Waals surface area contributed by atoms with Crippen LogP contribution in [0.3, 0.4) is 0 Å². The van der Waals surface area contributed by atoms with Crippen molar-refractivity contribution in [1.29, 1.82) is 0 Å². The summed E-state index contributed by atoms with van der Waals surface area (Å²) in [5.74, 6) is 0. The maximum absolute atomic E-state index is 2.42. The van der Waals surface area contributed by atoms with E-state index in [1.165, 1.54) is 25.7 Å². The fraction of sp³-hybridized carbons (Fsp3) is 0.714. The van der Waals surface area contributed by atoms with Crippen LogP contribution >= 0.6 is 7.92 Å². The summed E-state index contributed by atoms with van der Waals surface area (Å²) in [4.78, 5) is 0. The minimum atomic E-state index is -0.0188. The van der Waals surface area contributed by atoms with Crippen LogP contribution in [0.4, 0.5) is 0 Å². The van der Waals surface area contributed by atoms with Crippen LogP contribution in [0.25, 0.3) is 0 Å². The van der Waals surface area contributed by atoms with Crippen molar-refractivity contribution in [3.8, 4) is 0 Å². The molecule has 2 rings (SSSR count). The molecule has 1 atom stereocenters. The Morgan fingerprint density at radius 2 is 1.88 bits per heavy atom. The van der Waals surface area contributed by atoms with Crippen molar-refractivity contribution in [3.63, 3.8) is 0 Å². The Morgan fingerprint density at radius 3 is 2.31 bits per heavy atom. The highest BCUT2D eigenvalue weighted by molar-refractivity contribution is 7.67. The lowest BCUT2D eigenvalue weighted by molar-refractivity contribution is 0.754. The summed E-state index contributed by atoms with van der Waals surface area (Å²) in [6.45, 7) is 7.26. The molecule has 1 aromatic heterocycles. The Kier molecular flexibility index (Phi) is 3.45. The van der Waals surface area contributed by atoms with Crippen LogP contribution in [0, 0.1) is 0 Å². The fourth-order valence-corrected chi connectivity index (χ4v) is 6.63. The summed E-state index contributed by atoms with van der Waals surface area (Å²) in [7, 11) is 2.18. The van der Waals surface area contributed by atoms with Gasteiger partial charge in [0.15, 0.2) is 0 Å². The summed E-state index contributed by atoms with van der Waals surface area (Å²) < 4.78 is 2.34. The van der Waals surface area contributed by atoms with Gasteiger partial charge in [-0.3, -0.25) is 0 Å². The topological polar surface area (TPSA) is 4.93 Å². The minimum Gasteiger partial charge on any atom is -0.351 e. The second kappa shape index (κ2) is 4.53. The van der Waals surface area contributed by atoms with E-state index in [0.29, 0.717) is 5.16 Å². The molecule has 1 aromatic rings. The van der Waals surface area contributed by atoms with E-state index in [9.17, 15) is 0 Å². The molecule has 1 aliphatic carbocycles. The minimum absolute atomic E-state index is 0.0188. The lowest BCUT2D eigenvalue weighted by Crippen LogP contribution is -2.28. The maximum Gasteiger partial charge on any atom is 0.0415 e. The highest BCUT2D eigenvalue weighted by atomic mass is 31.1. The van der Waals surface area contributed by atoms with Gasteiger partial charge in [0.1, 0.15) is 0 Å². The molecule has 1 saturated carbocycles. The van der Waals surface area contributed by atoms with Crippen LogP contribution in [0.1, 0.15) is 46.5 Å². The first-order valence-electron chi connectivity index (χ1n) is 6.41. The highest BCUT2D eigenvalue weighted by Crippen LogP contribution is 2.56. The standard InChI is InChI=1S/C14H24NP/c1-14(2,3)16(12-8-5-6-9-12)13-10-7-11-15(13)4/h7,10-12H,5-6,8-9H2,1-4H3. The molecule has 1 fully saturated rings. The largest absolute Gasteiger partial charge is 0.351 e. The summed E-state index contributed by atoms with van der Waals surface area (Å²) >= 11 is 0. The third-order valence-electron chi connectivity index (χ3n) is 3.58. The SMILES string of the molecule is Cn1cccc1P(C1CCCC1)C(C)(C)C. The molecule has 0 bridgehead atoms. The first-order valence-corrected chi connectivity index (χ1v) is 7.82. The molecule has 16 heavy (non-hydrogen) atoms. The summed E-state index contributed by atoms with van der Waals surface area (Å²) in [5, 5.41) is 0.441. The summed E-state index contributed by atoms with van der Waals surface area (Å²) in [5.41, 5.74) is 2.55. The van der Waals surface area contributed by atoms with Gasteiger partial charge in [0.25, 0.3) is 0 Å². The summed E-state index contributed by atoms with van der Waals surface area (Å²) in [6.07, 6.45) is 8.00. The number of hydrogen-bond donors (Lipinski definition) is 0. The van der Waals surface area contributed by atoms with Gasteiger partial charge in [0.05, 0.1) is 0 Å². The monoisotopic (exact) mass is 237 g/mol. The zero-order valence-corrected chi connectivity index (χ0v) is 11.9. The Balaban J connectivity index is 2.31. The van der Waals surface area contributed by atoms with Gasteiger partial charge in [-0.1, -0.05) is 33.6 Å². The van der Waals surface area contributed by atoms with Crippen LogP contribution in [0.15, 0.2) is 18.3 Å². The van der Waals surface area contributed by atoms with Gasteiger partial charge >= 0.3 is 0 Å². The second-order valence-electron chi connectivity index (χ2n) is 5.96. The van der Waals surface area contributed by atoms with Gasteiger partial charge in [-0.15, -0.1) is 0 Å². The Labute approximate surface area is 101 Å². The van der Waals surface area contributed by atoms with Crippen molar-refractivity contribution in [2.24, 2.45) is 7.05 Å². The van der Waals surface area contributed by atoms with Crippen LogP contribution in [0.2, 0.25) is 0 Å². The second-order valence-corrected chi connectivity index (χ2v) is 9.23. The van der Waals surface area contributed by atoms with Crippen LogP contribution in [-0.2, 0) is 7.05 Å². The normalized spacial score (nSPS) is 20.2. The zero-order chi connectivity index (χ0) is 11.8. The van der Waals surface area contributed by atoms with Crippen LogP contribution in [-0.4, -0.2) is 15.4 Å². The molecule has 90 valence electrons. The molecule has 0 aromatic carbocycles. The first kappa shape index (κ1) is 12.2. The number of aromatic nitrogens is 1. The molecule has 0 N–H and O–H groups in total. The smallest absolute Gasteiger partial charge is 0.0415 e. The molecule has 0 aliphatic heterocycles. The molecule has 1 aliphatic rings. The van der Waals surface area contributed by atoms with E-state index in [-0.39, 0.29) is 7.92 Å². The van der Waals surface area contributed by atoms with Gasteiger partial charge in [0, 0.05) is 18.7 Å². The molecule has 0 radical (unpaired) electrons. The van der Waals surface area contributed by atoms with Crippen molar-refractivity contribution < 1.29 is 0 Å². The Bertz CT molecular complexity index is 342. The third kappa shape index (κ3) is 2.35. The zero-order valence-electron chi connectivity index (χ0n) is 11.0. The molecule has 0 amide bonds. The first-order chi connectivity index (χ1) is 7.50. The highest BCUT2D eigenvalue weighted by Gasteiger charge is 2.35. The lowest BCUT2D eigenvalue weighted by Gasteiger charge is -2.36. The molecule has 1 unspecified atom stereocenters. The molecule has 0 saturated heterocycles. The van der Waals surface area contributed by atoms with Crippen molar-refractivity contribution in [3.05, 3.63) is 18.3 Å². The van der Waals surface area contributed by atoms with Crippen LogP contribution in [0.5, 0.6) is 0 Å². The van der Waals surface area contributed by atoms with E-state index in [0.717, 1.165) is 5.66 Å². The molecule has 2 heteroatoms. The quantitative estimate of drug-likeness (QED) is 0.688. The van der Waals surface area contributed by atoms with E-state index in [4.69, 9.17) is 0 Å². The van der Waals surface area contributed by atoms with Crippen molar-refractivity contribution >= 4 is 13.4 Å². The number of nitrogens with zero attached hydrogens (tertiary/aromatic N) is 1. The summed E-state index contributed by atoms with van der Waals surface area (Å²) in [6, 6.07) is 4.54. The van der Waals surface area contributed by atoms with E-state index in [1.807, 2.05) is 0 Å². The fourth-order valence-electron chi connectivity index (χ4n) is 2.94. The number of rotatable bonds is 2. The average molecular weight is 237 g/mol. The van der Waals surface area contributed by atoms with E-state index in [1.54, 1.807) is 5.44 Å². The average Bonchev–Trinajstić information content (AvgIpc) is 2.77. The maximum atomic E-state index is 2.42. The Hall–Kier alpha value is -0.290. The predicted molar refractivity (Wildman–Crippen MR) is 74.0 cm³/mol. The third-order valence-corrected chi connectivity index (χ3v) is 7.23. The lowest BCUT2D eigenvalue weighted by atomic mass is 10.2. The molecule has 1 nitrogen and oxygen atoms in total. The van der Waals surface area contributed by atoms with Gasteiger partial charge in [-0.05, 0) is 43.7 Å². The predicted octanol–water partition coefficient (Wildman–Crippen LogP) is 3.87.